The van der Waals surface area contributed by atoms with Gasteiger partial charge in [-0.05, 0) is 32.9 Å². The summed E-state index contributed by atoms with van der Waals surface area (Å²) in [4.78, 5) is 11.4. The third kappa shape index (κ3) is 5.61. The first-order valence-corrected chi connectivity index (χ1v) is 7.02. The number of rotatable bonds is 6. The molecule has 0 saturated heterocycles. The molecule has 1 rings (SSSR count). The van der Waals surface area contributed by atoms with E-state index in [1.807, 2.05) is 19.9 Å². The van der Waals surface area contributed by atoms with Crippen LogP contribution in [0.2, 0.25) is 0 Å². The number of hydrogen-bond donors (Lipinski definition) is 0. The predicted molar refractivity (Wildman–Crippen MR) is 84.2 cm³/mol. The Labute approximate surface area is 131 Å². The van der Waals surface area contributed by atoms with Crippen molar-refractivity contribution >= 4 is 5.97 Å². The number of halogens is 1. The maximum absolute atomic E-state index is 14.2. The van der Waals surface area contributed by atoms with Gasteiger partial charge >= 0.3 is 5.97 Å². The number of allylic oxidation sites excluding steroid dienone is 1. The standard InChI is InChI=1S/C18H21FO3/c1-5-6-14(11-18(20)21-4)16-8-7-15(12-17(16)19)22-10-9-13(2)3/h7-9,12,14H,10-11H2,1-4H3/t14-/m1/s1. The van der Waals surface area contributed by atoms with Crippen molar-refractivity contribution in [2.24, 2.45) is 0 Å². The zero-order valence-corrected chi connectivity index (χ0v) is 13.4. The number of ether oxygens (including phenoxy) is 2. The second-order valence-electron chi connectivity index (χ2n) is 5.00. The van der Waals surface area contributed by atoms with Crippen molar-refractivity contribution in [1.29, 1.82) is 0 Å². The molecule has 0 N–H and O–H groups in total. The molecule has 0 unspecified atom stereocenters. The van der Waals surface area contributed by atoms with E-state index >= 15 is 0 Å². The Morgan fingerprint density at radius 3 is 2.68 bits per heavy atom. The van der Waals surface area contributed by atoms with Crippen molar-refractivity contribution in [3.8, 4) is 17.6 Å². The van der Waals surface area contributed by atoms with E-state index < -0.39 is 17.7 Å². The molecule has 0 aromatic heterocycles. The van der Waals surface area contributed by atoms with Gasteiger partial charge in [0, 0.05) is 11.6 Å². The Morgan fingerprint density at radius 1 is 1.41 bits per heavy atom. The van der Waals surface area contributed by atoms with Crippen molar-refractivity contribution in [2.45, 2.75) is 33.1 Å². The van der Waals surface area contributed by atoms with Gasteiger partial charge in [-0.15, -0.1) is 5.92 Å². The van der Waals surface area contributed by atoms with Crippen LogP contribution in [0.4, 0.5) is 4.39 Å². The van der Waals surface area contributed by atoms with Crippen LogP contribution in [0.3, 0.4) is 0 Å². The molecule has 0 spiro atoms. The van der Waals surface area contributed by atoms with Gasteiger partial charge in [-0.1, -0.05) is 17.6 Å². The molecule has 0 bridgehead atoms. The summed E-state index contributed by atoms with van der Waals surface area (Å²) in [6, 6.07) is 4.60. The summed E-state index contributed by atoms with van der Waals surface area (Å²) in [7, 11) is 1.30. The highest BCUT2D eigenvalue weighted by Crippen LogP contribution is 2.26. The number of esters is 1. The Hall–Kier alpha value is -2.28. The summed E-state index contributed by atoms with van der Waals surface area (Å²) in [5.41, 5.74) is 1.50. The Kier molecular flexibility index (Phi) is 7.18. The van der Waals surface area contributed by atoms with E-state index in [2.05, 4.69) is 16.6 Å². The van der Waals surface area contributed by atoms with Crippen LogP contribution in [0.5, 0.6) is 5.75 Å². The first-order chi connectivity index (χ1) is 10.5. The summed E-state index contributed by atoms with van der Waals surface area (Å²) < 4.78 is 24.3. The molecule has 1 aromatic carbocycles. The van der Waals surface area contributed by atoms with Crippen molar-refractivity contribution in [3.05, 3.63) is 41.2 Å². The minimum absolute atomic E-state index is 0.0201. The molecule has 1 atom stereocenters. The van der Waals surface area contributed by atoms with Gasteiger partial charge in [-0.3, -0.25) is 4.79 Å². The van der Waals surface area contributed by atoms with E-state index in [1.165, 1.54) is 13.2 Å². The van der Waals surface area contributed by atoms with Gasteiger partial charge in [0.1, 0.15) is 18.2 Å². The lowest BCUT2D eigenvalue weighted by Gasteiger charge is -2.12. The lowest BCUT2D eigenvalue weighted by Crippen LogP contribution is -2.09. The molecule has 0 saturated carbocycles. The molecule has 0 aliphatic carbocycles. The van der Waals surface area contributed by atoms with Crippen molar-refractivity contribution < 1.29 is 18.7 Å². The maximum Gasteiger partial charge on any atom is 0.307 e. The molecule has 0 amide bonds. The van der Waals surface area contributed by atoms with Crippen LogP contribution < -0.4 is 4.74 Å². The predicted octanol–water partition coefficient (Wildman–Crippen LogP) is 3.84. The van der Waals surface area contributed by atoms with Crippen LogP contribution in [-0.2, 0) is 9.53 Å². The van der Waals surface area contributed by atoms with Crippen LogP contribution in [0.15, 0.2) is 29.8 Å². The number of carbonyl (C=O) groups is 1. The van der Waals surface area contributed by atoms with Crippen molar-refractivity contribution in [1.82, 2.24) is 0 Å². The number of hydrogen-bond acceptors (Lipinski definition) is 3. The Balaban J connectivity index is 2.91. The van der Waals surface area contributed by atoms with Gasteiger partial charge in [0.15, 0.2) is 0 Å². The largest absolute Gasteiger partial charge is 0.489 e. The summed E-state index contributed by atoms with van der Waals surface area (Å²) in [6.07, 6.45) is 1.93. The van der Waals surface area contributed by atoms with Gasteiger partial charge in [0.05, 0.1) is 19.4 Å². The van der Waals surface area contributed by atoms with Gasteiger partial charge in [-0.25, -0.2) is 4.39 Å². The smallest absolute Gasteiger partial charge is 0.307 e. The van der Waals surface area contributed by atoms with Crippen molar-refractivity contribution in [2.75, 3.05) is 13.7 Å². The third-order valence-corrected chi connectivity index (χ3v) is 3.01. The lowest BCUT2D eigenvalue weighted by atomic mass is 9.95. The molecule has 0 aliphatic heterocycles. The normalized spacial score (nSPS) is 11.0. The summed E-state index contributed by atoms with van der Waals surface area (Å²) in [5.74, 6) is 4.62. The molecule has 3 nitrogen and oxygen atoms in total. The van der Waals surface area contributed by atoms with Crippen LogP contribution in [0.25, 0.3) is 0 Å². The van der Waals surface area contributed by atoms with E-state index in [1.54, 1.807) is 19.1 Å². The second-order valence-corrected chi connectivity index (χ2v) is 5.00. The molecule has 0 aliphatic rings. The number of benzene rings is 1. The van der Waals surface area contributed by atoms with Gasteiger partial charge < -0.3 is 9.47 Å². The molecule has 0 radical (unpaired) electrons. The monoisotopic (exact) mass is 304 g/mol. The van der Waals surface area contributed by atoms with Gasteiger partial charge in [0.25, 0.3) is 0 Å². The van der Waals surface area contributed by atoms with E-state index in [0.717, 1.165) is 5.57 Å². The summed E-state index contributed by atoms with van der Waals surface area (Å²) in [6.45, 7) is 5.97. The quantitative estimate of drug-likeness (QED) is 0.455. The molecular formula is C18H21FO3. The van der Waals surface area contributed by atoms with E-state index in [0.29, 0.717) is 17.9 Å². The molecule has 4 heteroatoms. The van der Waals surface area contributed by atoms with E-state index in [-0.39, 0.29) is 6.42 Å². The van der Waals surface area contributed by atoms with E-state index in [4.69, 9.17) is 4.74 Å². The molecule has 1 aromatic rings. The SMILES string of the molecule is CC#C[C@H](CC(=O)OC)c1ccc(OCC=C(C)C)cc1F. The zero-order chi connectivity index (χ0) is 16.5. The average molecular weight is 304 g/mol. The lowest BCUT2D eigenvalue weighted by molar-refractivity contribution is -0.140. The minimum atomic E-state index is -0.524. The summed E-state index contributed by atoms with van der Waals surface area (Å²) in [5, 5.41) is 0. The fraction of sp³-hybridized carbons (Fsp3) is 0.389. The molecule has 0 heterocycles. The molecule has 22 heavy (non-hydrogen) atoms. The molecule has 118 valence electrons. The molecular weight excluding hydrogens is 283 g/mol. The highest BCUT2D eigenvalue weighted by molar-refractivity contribution is 5.71. The second kappa shape index (κ2) is 8.89. The first kappa shape index (κ1) is 17.8. The highest BCUT2D eigenvalue weighted by Gasteiger charge is 2.18. The van der Waals surface area contributed by atoms with Crippen molar-refractivity contribution in [3.63, 3.8) is 0 Å². The molecule has 0 fully saturated rings. The summed E-state index contributed by atoms with van der Waals surface area (Å²) >= 11 is 0. The van der Waals surface area contributed by atoms with Gasteiger partial charge in [0.2, 0.25) is 0 Å². The fourth-order valence-corrected chi connectivity index (χ4v) is 1.85. The zero-order valence-electron chi connectivity index (χ0n) is 13.4. The van der Waals surface area contributed by atoms with Crippen LogP contribution >= 0.6 is 0 Å². The fourth-order valence-electron chi connectivity index (χ4n) is 1.85. The van der Waals surface area contributed by atoms with Gasteiger partial charge in [-0.2, -0.15) is 0 Å². The Bertz CT molecular complexity index is 604. The topological polar surface area (TPSA) is 35.5 Å². The minimum Gasteiger partial charge on any atom is -0.489 e. The van der Waals surface area contributed by atoms with E-state index in [9.17, 15) is 9.18 Å². The van der Waals surface area contributed by atoms with Crippen LogP contribution in [-0.4, -0.2) is 19.7 Å². The third-order valence-electron chi connectivity index (χ3n) is 3.01. The number of methoxy groups -OCH3 is 1. The average Bonchev–Trinajstić information content (AvgIpc) is 2.46. The first-order valence-electron chi connectivity index (χ1n) is 7.02. The Morgan fingerprint density at radius 2 is 2.14 bits per heavy atom. The number of carbonyl (C=O) groups excluding carboxylic acids is 1. The van der Waals surface area contributed by atoms with Crippen LogP contribution in [0, 0.1) is 17.7 Å². The highest BCUT2D eigenvalue weighted by atomic mass is 19.1. The van der Waals surface area contributed by atoms with Crippen LogP contribution in [0.1, 0.15) is 38.7 Å². The maximum atomic E-state index is 14.2.